The first-order valence-corrected chi connectivity index (χ1v) is 13.3. The van der Waals surface area contributed by atoms with E-state index in [1.54, 1.807) is 6.07 Å². The molecule has 0 fully saturated rings. The predicted molar refractivity (Wildman–Crippen MR) is 158 cm³/mol. The first-order valence-electron chi connectivity index (χ1n) is 13.3. The SMILES string of the molecule is Cc1ccc(-n2c3[c-]c(Oc4ccc5cc(C(C)(C)C)cc(O)c5n4)ccc3c3c(C(C)C)cccc32)nc1.[Pt]. The Balaban J connectivity index is 0.00000323. The second kappa shape index (κ2) is 10.4. The van der Waals surface area contributed by atoms with E-state index in [0.717, 1.165) is 38.8 Å². The van der Waals surface area contributed by atoms with E-state index in [2.05, 4.69) is 86.6 Å². The number of hydrogen-bond donors (Lipinski definition) is 1. The first kappa shape index (κ1) is 27.9. The van der Waals surface area contributed by atoms with E-state index in [1.165, 1.54) is 10.9 Å². The van der Waals surface area contributed by atoms with Crippen molar-refractivity contribution in [2.75, 3.05) is 0 Å². The number of rotatable bonds is 4. The van der Waals surface area contributed by atoms with Crippen LogP contribution in [0.5, 0.6) is 17.4 Å². The summed E-state index contributed by atoms with van der Waals surface area (Å²) in [6.45, 7) is 12.8. The average Bonchev–Trinajstić information content (AvgIpc) is 3.22. The van der Waals surface area contributed by atoms with E-state index < -0.39 is 0 Å². The zero-order valence-corrected chi connectivity index (χ0v) is 25.8. The van der Waals surface area contributed by atoms with Gasteiger partial charge in [0, 0.05) is 50.0 Å². The van der Waals surface area contributed by atoms with Gasteiger partial charge in [0.1, 0.15) is 17.1 Å². The normalized spacial score (nSPS) is 11.9. The number of fused-ring (bicyclic) bond motifs is 4. The molecule has 0 amide bonds. The summed E-state index contributed by atoms with van der Waals surface area (Å²) in [7, 11) is 0. The van der Waals surface area contributed by atoms with Gasteiger partial charge in [-0.3, -0.25) is 0 Å². The molecule has 206 valence electrons. The molecule has 0 atom stereocenters. The largest absolute Gasteiger partial charge is 0.506 e. The summed E-state index contributed by atoms with van der Waals surface area (Å²) < 4.78 is 8.37. The Bertz CT molecular complexity index is 1870. The minimum absolute atomic E-state index is 0. The van der Waals surface area contributed by atoms with Crippen molar-refractivity contribution in [3.05, 3.63) is 95.7 Å². The molecular formula is C34H32N3O2Pt-. The predicted octanol–water partition coefficient (Wildman–Crippen LogP) is 8.75. The molecule has 0 aliphatic rings. The van der Waals surface area contributed by atoms with E-state index in [0.29, 0.717) is 23.1 Å². The minimum atomic E-state index is -0.0780. The number of aryl methyl sites for hydroxylation is 1. The van der Waals surface area contributed by atoms with Crippen molar-refractivity contribution in [1.82, 2.24) is 14.5 Å². The summed E-state index contributed by atoms with van der Waals surface area (Å²) in [6.07, 6.45) is 1.89. The standard InChI is InChI=1S/C34H32N3O2.Pt/c1-20(2)25-8-7-9-27-32(25)26-13-12-24(18-28(26)37(27)30-14-10-21(3)19-35-30)39-31-15-11-22-16-23(34(4,5)6)17-29(38)33(22)36-31;/h7-17,19-20,38H,1-6H3;/q-1;. The molecule has 3 aromatic carbocycles. The van der Waals surface area contributed by atoms with Gasteiger partial charge < -0.3 is 14.4 Å². The maximum absolute atomic E-state index is 10.7. The third-order valence-electron chi connectivity index (χ3n) is 7.28. The Morgan fingerprint density at radius 1 is 0.975 bits per heavy atom. The quantitative estimate of drug-likeness (QED) is 0.186. The number of nitrogens with zero attached hydrogens (tertiary/aromatic N) is 3. The fourth-order valence-corrected chi connectivity index (χ4v) is 5.17. The molecule has 0 saturated heterocycles. The maximum Gasteiger partial charge on any atom is 0.217 e. The first-order chi connectivity index (χ1) is 18.6. The van der Waals surface area contributed by atoms with Crippen molar-refractivity contribution in [3.8, 4) is 23.2 Å². The van der Waals surface area contributed by atoms with Gasteiger partial charge in [-0.25, -0.2) is 9.97 Å². The van der Waals surface area contributed by atoms with Crippen LogP contribution in [0.4, 0.5) is 0 Å². The Hall–Kier alpha value is -3.69. The van der Waals surface area contributed by atoms with E-state index in [1.807, 2.05) is 37.4 Å². The maximum atomic E-state index is 10.7. The molecule has 6 heteroatoms. The molecule has 3 aromatic heterocycles. The summed E-state index contributed by atoms with van der Waals surface area (Å²) in [5, 5.41) is 13.9. The van der Waals surface area contributed by atoms with Gasteiger partial charge in [0.15, 0.2) is 0 Å². The van der Waals surface area contributed by atoms with E-state index in [-0.39, 0.29) is 32.2 Å². The molecule has 40 heavy (non-hydrogen) atoms. The molecule has 0 unspecified atom stereocenters. The number of pyridine rings is 2. The summed E-state index contributed by atoms with van der Waals surface area (Å²) in [6, 6.07) is 25.7. The molecule has 5 nitrogen and oxygen atoms in total. The van der Waals surface area contributed by atoms with Gasteiger partial charge >= 0.3 is 0 Å². The number of ether oxygens (including phenoxy) is 1. The molecule has 1 N–H and O–H groups in total. The molecule has 6 aromatic rings. The number of hydrogen-bond acceptors (Lipinski definition) is 4. The zero-order chi connectivity index (χ0) is 27.5. The molecule has 0 aliphatic heterocycles. The van der Waals surface area contributed by atoms with Crippen LogP contribution in [0.25, 0.3) is 38.5 Å². The summed E-state index contributed by atoms with van der Waals surface area (Å²) in [5.74, 6) is 2.29. The third-order valence-corrected chi connectivity index (χ3v) is 7.28. The van der Waals surface area contributed by atoms with Gasteiger partial charge in [-0.15, -0.1) is 17.5 Å². The Labute approximate surface area is 249 Å². The number of aromatic hydroxyl groups is 1. The van der Waals surface area contributed by atoms with E-state index in [4.69, 9.17) is 9.72 Å². The average molecular weight is 710 g/mol. The van der Waals surface area contributed by atoms with Crippen LogP contribution >= 0.6 is 0 Å². The van der Waals surface area contributed by atoms with Crippen LogP contribution < -0.4 is 4.74 Å². The topological polar surface area (TPSA) is 60.2 Å². The molecule has 0 aliphatic carbocycles. The van der Waals surface area contributed by atoms with Gasteiger partial charge in [-0.1, -0.05) is 58.3 Å². The minimum Gasteiger partial charge on any atom is -0.506 e. The fourth-order valence-electron chi connectivity index (χ4n) is 5.17. The van der Waals surface area contributed by atoms with Crippen LogP contribution in [0.15, 0.2) is 72.9 Å². The van der Waals surface area contributed by atoms with Crippen LogP contribution in [0.3, 0.4) is 0 Å². The van der Waals surface area contributed by atoms with Crippen LogP contribution in [0.2, 0.25) is 0 Å². The van der Waals surface area contributed by atoms with E-state index >= 15 is 0 Å². The second-order valence-corrected chi connectivity index (χ2v) is 11.6. The summed E-state index contributed by atoms with van der Waals surface area (Å²) in [4.78, 5) is 9.37. The molecule has 3 heterocycles. The molecule has 0 saturated carbocycles. The van der Waals surface area contributed by atoms with E-state index in [9.17, 15) is 5.11 Å². The Morgan fingerprint density at radius 2 is 1.77 bits per heavy atom. The van der Waals surface area contributed by atoms with Crippen LogP contribution in [-0.4, -0.2) is 19.6 Å². The van der Waals surface area contributed by atoms with Crippen molar-refractivity contribution < 1.29 is 30.9 Å². The molecule has 0 bridgehead atoms. The monoisotopic (exact) mass is 709 g/mol. The van der Waals surface area contributed by atoms with Crippen molar-refractivity contribution in [1.29, 1.82) is 0 Å². The van der Waals surface area contributed by atoms with Crippen molar-refractivity contribution in [3.63, 3.8) is 0 Å². The van der Waals surface area contributed by atoms with Crippen LogP contribution in [-0.2, 0) is 26.5 Å². The van der Waals surface area contributed by atoms with Gasteiger partial charge in [0.25, 0.3) is 0 Å². The van der Waals surface area contributed by atoms with Gasteiger partial charge in [-0.05, 0) is 70.7 Å². The van der Waals surface area contributed by atoms with Crippen molar-refractivity contribution in [2.24, 2.45) is 0 Å². The van der Waals surface area contributed by atoms with Crippen molar-refractivity contribution in [2.45, 2.75) is 52.9 Å². The molecule has 0 spiro atoms. The van der Waals surface area contributed by atoms with Crippen LogP contribution in [0.1, 0.15) is 57.2 Å². The van der Waals surface area contributed by atoms with Gasteiger partial charge in [-0.2, -0.15) is 6.07 Å². The smallest absolute Gasteiger partial charge is 0.217 e. The second-order valence-electron chi connectivity index (χ2n) is 11.6. The number of aromatic nitrogens is 3. The molecule has 6 rings (SSSR count). The number of phenols is 1. The summed E-state index contributed by atoms with van der Waals surface area (Å²) in [5.41, 5.74) is 5.86. The summed E-state index contributed by atoms with van der Waals surface area (Å²) >= 11 is 0. The van der Waals surface area contributed by atoms with Crippen molar-refractivity contribution >= 4 is 32.7 Å². The third kappa shape index (κ3) is 4.88. The number of phenolic OH excluding ortho intramolecular Hbond substituents is 1. The molecule has 0 radical (unpaired) electrons. The Morgan fingerprint density at radius 3 is 2.48 bits per heavy atom. The fraction of sp³-hybridized carbons (Fsp3) is 0.235. The van der Waals surface area contributed by atoms with Gasteiger partial charge in [0.05, 0.1) is 0 Å². The van der Waals surface area contributed by atoms with Crippen LogP contribution in [0, 0.1) is 13.0 Å². The number of benzene rings is 3. The molecular weight excluding hydrogens is 677 g/mol. The Kier molecular flexibility index (Phi) is 7.22. The van der Waals surface area contributed by atoms with Gasteiger partial charge in [0.2, 0.25) is 5.88 Å². The zero-order valence-electron chi connectivity index (χ0n) is 23.5.